The molecule has 2 atom stereocenters. The van der Waals surface area contributed by atoms with Crippen molar-refractivity contribution in [3.63, 3.8) is 0 Å². The number of nitrogens with one attached hydrogen (secondary N) is 1. The van der Waals surface area contributed by atoms with Crippen molar-refractivity contribution in [3.05, 3.63) is 35.6 Å². The van der Waals surface area contributed by atoms with Crippen molar-refractivity contribution in [2.24, 2.45) is 0 Å². The highest BCUT2D eigenvalue weighted by Crippen LogP contribution is 2.19. The molecule has 1 fully saturated rings. The van der Waals surface area contributed by atoms with Gasteiger partial charge >= 0.3 is 0 Å². The van der Waals surface area contributed by atoms with E-state index in [1.165, 1.54) is 19.3 Å². The highest BCUT2D eigenvalue weighted by molar-refractivity contribution is 5.18. The molecule has 0 aromatic heterocycles. The fourth-order valence-corrected chi connectivity index (χ4v) is 2.92. The van der Waals surface area contributed by atoms with E-state index >= 15 is 0 Å². The van der Waals surface area contributed by atoms with Crippen LogP contribution in [0.1, 0.15) is 44.6 Å². The Morgan fingerprint density at radius 2 is 2.20 bits per heavy atom. The Labute approximate surface area is 121 Å². The van der Waals surface area contributed by atoms with Crippen LogP contribution in [-0.4, -0.2) is 25.3 Å². The van der Waals surface area contributed by atoms with Gasteiger partial charge in [0.15, 0.2) is 0 Å². The van der Waals surface area contributed by atoms with Gasteiger partial charge in [-0.2, -0.15) is 0 Å². The zero-order valence-electron chi connectivity index (χ0n) is 12.4. The van der Waals surface area contributed by atoms with E-state index in [0.29, 0.717) is 12.1 Å². The summed E-state index contributed by atoms with van der Waals surface area (Å²) < 4.78 is 19.5. The van der Waals surface area contributed by atoms with E-state index in [2.05, 4.69) is 12.2 Å². The lowest BCUT2D eigenvalue weighted by molar-refractivity contribution is 0.00860. The Morgan fingerprint density at radius 1 is 1.35 bits per heavy atom. The van der Waals surface area contributed by atoms with Crippen molar-refractivity contribution in [2.45, 2.75) is 57.6 Å². The van der Waals surface area contributed by atoms with Crippen LogP contribution in [0.25, 0.3) is 0 Å². The van der Waals surface area contributed by atoms with E-state index in [4.69, 9.17) is 4.74 Å². The summed E-state index contributed by atoms with van der Waals surface area (Å²) in [5.41, 5.74) is 0.808. The van der Waals surface area contributed by atoms with Crippen LogP contribution >= 0.6 is 0 Å². The Balaban J connectivity index is 1.84. The molecule has 1 aromatic carbocycles. The van der Waals surface area contributed by atoms with E-state index < -0.39 is 0 Å². The lowest BCUT2D eigenvalue weighted by atomic mass is 9.97. The van der Waals surface area contributed by atoms with E-state index in [9.17, 15) is 4.39 Å². The van der Waals surface area contributed by atoms with Gasteiger partial charge in [-0.05, 0) is 56.7 Å². The number of rotatable bonds is 7. The van der Waals surface area contributed by atoms with Gasteiger partial charge in [0.25, 0.3) is 0 Å². The molecule has 1 N–H and O–H groups in total. The average Bonchev–Trinajstić information content (AvgIpc) is 2.48. The minimum Gasteiger partial charge on any atom is -0.378 e. The predicted molar refractivity (Wildman–Crippen MR) is 80.4 cm³/mol. The van der Waals surface area contributed by atoms with Crippen LogP contribution in [-0.2, 0) is 11.2 Å². The summed E-state index contributed by atoms with van der Waals surface area (Å²) in [5.74, 6) is -0.0932. The first-order chi connectivity index (χ1) is 9.79. The van der Waals surface area contributed by atoms with Crippen molar-refractivity contribution in [1.82, 2.24) is 5.32 Å². The third kappa shape index (κ3) is 4.88. The third-order valence-corrected chi connectivity index (χ3v) is 4.03. The molecular formula is C17H26FNO. The smallest absolute Gasteiger partial charge is 0.126 e. The fraction of sp³-hybridized carbons (Fsp3) is 0.647. The lowest BCUT2D eigenvalue weighted by Crippen LogP contribution is -2.33. The van der Waals surface area contributed by atoms with Gasteiger partial charge in [-0.15, -0.1) is 0 Å². The SMILES string of the molecule is CCNC(CCC1CCCCO1)Cc1ccccc1F. The summed E-state index contributed by atoms with van der Waals surface area (Å²) in [4.78, 5) is 0. The minimum absolute atomic E-state index is 0.0932. The maximum atomic E-state index is 13.7. The van der Waals surface area contributed by atoms with Crippen LogP contribution in [0.5, 0.6) is 0 Å². The quantitative estimate of drug-likeness (QED) is 0.822. The summed E-state index contributed by atoms with van der Waals surface area (Å²) in [6, 6.07) is 7.42. The van der Waals surface area contributed by atoms with Gasteiger partial charge in [-0.3, -0.25) is 0 Å². The van der Waals surface area contributed by atoms with Crippen LogP contribution in [0, 0.1) is 5.82 Å². The number of halogens is 1. The third-order valence-electron chi connectivity index (χ3n) is 4.03. The maximum absolute atomic E-state index is 13.7. The van der Waals surface area contributed by atoms with Gasteiger partial charge in [0, 0.05) is 12.6 Å². The molecule has 0 saturated carbocycles. The lowest BCUT2D eigenvalue weighted by Gasteiger charge is -2.25. The Hall–Kier alpha value is -0.930. The summed E-state index contributed by atoms with van der Waals surface area (Å²) in [7, 11) is 0. The molecule has 2 rings (SSSR count). The normalized spacial score (nSPS) is 20.8. The predicted octanol–water partition coefficient (Wildman–Crippen LogP) is 3.70. The molecular weight excluding hydrogens is 253 g/mol. The molecule has 20 heavy (non-hydrogen) atoms. The molecule has 112 valence electrons. The van der Waals surface area contributed by atoms with Gasteiger partial charge in [0.05, 0.1) is 6.10 Å². The molecule has 0 spiro atoms. The second kappa shape index (κ2) is 8.38. The highest BCUT2D eigenvalue weighted by atomic mass is 19.1. The number of ether oxygens (including phenoxy) is 1. The summed E-state index contributed by atoms with van der Waals surface area (Å²) >= 11 is 0. The zero-order valence-corrected chi connectivity index (χ0v) is 12.4. The zero-order chi connectivity index (χ0) is 14.2. The van der Waals surface area contributed by atoms with Gasteiger partial charge < -0.3 is 10.1 Å². The minimum atomic E-state index is -0.0932. The summed E-state index contributed by atoms with van der Waals surface area (Å²) in [5, 5.41) is 3.48. The van der Waals surface area contributed by atoms with Crippen LogP contribution in [0.3, 0.4) is 0 Å². The Bertz CT molecular complexity index is 390. The monoisotopic (exact) mass is 279 g/mol. The average molecular weight is 279 g/mol. The van der Waals surface area contributed by atoms with Crippen LogP contribution in [0.2, 0.25) is 0 Å². The number of likely N-dealkylation sites (N-methyl/N-ethyl adjacent to an activating group) is 1. The first-order valence-electron chi connectivity index (χ1n) is 7.88. The van der Waals surface area contributed by atoms with Crippen molar-refractivity contribution in [3.8, 4) is 0 Å². The van der Waals surface area contributed by atoms with E-state index in [1.807, 2.05) is 12.1 Å². The van der Waals surface area contributed by atoms with E-state index in [1.54, 1.807) is 12.1 Å². The fourth-order valence-electron chi connectivity index (χ4n) is 2.92. The molecule has 0 bridgehead atoms. The Morgan fingerprint density at radius 3 is 2.90 bits per heavy atom. The van der Waals surface area contributed by atoms with Gasteiger partial charge in [0.2, 0.25) is 0 Å². The molecule has 0 radical (unpaired) electrons. The van der Waals surface area contributed by atoms with Crippen molar-refractivity contribution < 1.29 is 9.13 Å². The highest BCUT2D eigenvalue weighted by Gasteiger charge is 2.17. The molecule has 2 unspecified atom stereocenters. The van der Waals surface area contributed by atoms with E-state index in [-0.39, 0.29) is 5.82 Å². The second-order valence-electron chi connectivity index (χ2n) is 5.62. The molecule has 2 nitrogen and oxygen atoms in total. The molecule has 3 heteroatoms. The molecule has 1 saturated heterocycles. The summed E-state index contributed by atoms with van der Waals surface area (Å²) in [6.07, 6.45) is 6.95. The first kappa shape index (κ1) is 15.5. The van der Waals surface area contributed by atoms with Crippen molar-refractivity contribution >= 4 is 0 Å². The van der Waals surface area contributed by atoms with Crippen LogP contribution in [0.4, 0.5) is 4.39 Å². The summed E-state index contributed by atoms with van der Waals surface area (Å²) in [6.45, 7) is 3.93. The number of benzene rings is 1. The van der Waals surface area contributed by atoms with Gasteiger partial charge in [0.1, 0.15) is 5.82 Å². The largest absolute Gasteiger partial charge is 0.378 e. The number of hydrogen-bond donors (Lipinski definition) is 1. The molecule has 0 amide bonds. The topological polar surface area (TPSA) is 21.3 Å². The molecule has 1 aliphatic rings. The Kier molecular flexibility index (Phi) is 6.48. The molecule has 1 heterocycles. The maximum Gasteiger partial charge on any atom is 0.126 e. The standard InChI is InChI=1S/C17H26FNO/c1-2-19-15(10-11-16-8-5-6-12-20-16)13-14-7-3-4-9-17(14)18/h3-4,7,9,15-16,19H,2,5-6,8,10-13H2,1H3. The molecule has 1 aliphatic heterocycles. The van der Waals surface area contributed by atoms with Crippen LogP contribution in [0.15, 0.2) is 24.3 Å². The molecule has 1 aromatic rings. The van der Waals surface area contributed by atoms with E-state index in [0.717, 1.165) is 38.0 Å². The second-order valence-corrected chi connectivity index (χ2v) is 5.62. The number of hydrogen-bond acceptors (Lipinski definition) is 2. The van der Waals surface area contributed by atoms with Gasteiger partial charge in [-0.1, -0.05) is 25.1 Å². The van der Waals surface area contributed by atoms with Gasteiger partial charge in [-0.25, -0.2) is 4.39 Å². The molecule has 0 aliphatic carbocycles. The van der Waals surface area contributed by atoms with Crippen LogP contribution < -0.4 is 5.32 Å². The first-order valence-corrected chi connectivity index (χ1v) is 7.88. The van der Waals surface area contributed by atoms with Crippen molar-refractivity contribution in [2.75, 3.05) is 13.2 Å². The van der Waals surface area contributed by atoms with Crippen molar-refractivity contribution in [1.29, 1.82) is 0 Å².